The number of halogens is 1. The zero-order valence-corrected chi connectivity index (χ0v) is 7.74. The Bertz CT molecular complexity index is 207. The van der Waals surface area contributed by atoms with Gasteiger partial charge in [-0.05, 0) is 46.9 Å². The number of nitrogens with zero attached hydrogens (tertiary/aromatic N) is 1. The number of anilines is 1. The molecule has 10 heavy (non-hydrogen) atoms. The molecule has 0 spiro atoms. The number of hydrogen-bond donors (Lipinski definition) is 1. The molecule has 0 radical (unpaired) electrons. The molecule has 0 aliphatic heterocycles. The quantitative estimate of drug-likeness (QED) is 0.608. The summed E-state index contributed by atoms with van der Waals surface area (Å²) in [6.07, 6.45) is 0. The highest BCUT2D eigenvalue weighted by Gasteiger charge is 1.93. The van der Waals surface area contributed by atoms with Crippen LogP contribution < -0.4 is 5.06 Å². The SMILES string of the molecule is CN(O)c1ccc(I)cc1. The Labute approximate surface area is 73.6 Å². The van der Waals surface area contributed by atoms with Gasteiger partial charge in [-0.3, -0.25) is 10.3 Å². The van der Waals surface area contributed by atoms with E-state index in [2.05, 4.69) is 22.6 Å². The third-order valence-corrected chi connectivity index (χ3v) is 1.92. The van der Waals surface area contributed by atoms with E-state index in [1.165, 1.54) is 3.57 Å². The maximum Gasteiger partial charge on any atom is 0.0631 e. The summed E-state index contributed by atoms with van der Waals surface area (Å²) in [6, 6.07) is 7.62. The molecule has 2 nitrogen and oxygen atoms in total. The molecule has 1 rings (SSSR count). The van der Waals surface area contributed by atoms with E-state index in [0.717, 1.165) is 10.8 Å². The van der Waals surface area contributed by atoms with Crippen molar-refractivity contribution in [1.29, 1.82) is 0 Å². The monoisotopic (exact) mass is 249 g/mol. The lowest BCUT2D eigenvalue weighted by molar-refractivity contribution is 0.279. The molecule has 0 amide bonds. The topological polar surface area (TPSA) is 23.5 Å². The Hall–Kier alpha value is -0.290. The van der Waals surface area contributed by atoms with Gasteiger partial charge in [0.05, 0.1) is 5.69 Å². The highest BCUT2D eigenvalue weighted by molar-refractivity contribution is 14.1. The minimum Gasteiger partial charge on any atom is -0.289 e. The van der Waals surface area contributed by atoms with Gasteiger partial charge in [-0.2, -0.15) is 0 Å². The fraction of sp³-hybridized carbons (Fsp3) is 0.143. The first-order valence-electron chi connectivity index (χ1n) is 2.88. The molecule has 54 valence electrons. The van der Waals surface area contributed by atoms with Crippen LogP contribution in [0.2, 0.25) is 0 Å². The van der Waals surface area contributed by atoms with E-state index >= 15 is 0 Å². The molecule has 0 aliphatic rings. The van der Waals surface area contributed by atoms with Crippen molar-refractivity contribution in [2.24, 2.45) is 0 Å². The number of rotatable bonds is 1. The fourth-order valence-corrected chi connectivity index (χ4v) is 1.02. The predicted molar refractivity (Wildman–Crippen MR) is 49.3 cm³/mol. The van der Waals surface area contributed by atoms with Crippen LogP contribution >= 0.6 is 22.6 Å². The molecule has 0 atom stereocenters. The van der Waals surface area contributed by atoms with Crippen LogP contribution in [0.15, 0.2) is 24.3 Å². The van der Waals surface area contributed by atoms with Crippen molar-refractivity contribution in [2.45, 2.75) is 0 Å². The van der Waals surface area contributed by atoms with E-state index in [1.54, 1.807) is 7.05 Å². The zero-order valence-electron chi connectivity index (χ0n) is 5.58. The van der Waals surface area contributed by atoms with Crippen molar-refractivity contribution in [1.82, 2.24) is 0 Å². The standard InChI is InChI=1S/C7H8INO/c1-9(10)7-4-2-6(8)3-5-7/h2-5,10H,1H3. The molecule has 1 N–H and O–H groups in total. The lowest BCUT2D eigenvalue weighted by Gasteiger charge is -2.08. The van der Waals surface area contributed by atoms with Gasteiger partial charge in [0, 0.05) is 10.6 Å². The lowest BCUT2D eigenvalue weighted by atomic mass is 10.3. The van der Waals surface area contributed by atoms with Crippen molar-refractivity contribution in [3.05, 3.63) is 27.8 Å². The largest absolute Gasteiger partial charge is 0.289 e. The first-order chi connectivity index (χ1) is 4.70. The van der Waals surface area contributed by atoms with Crippen LogP contribution in [-0.4, -0.2) is 12.3 Å². The first-order valence-corrected chi connectivity index (χ1v) is 3.96. The number of benzene rings is 1. The molecule has 0 aromatic heterocycles. The molecule has 1 aromatic carbocycles. The van der Waals surface area contributed by atoms with Gasteiger partial charge in [0.1, 0.15) is 0 Å². The second-order valence-corrected chi connectivity index (χ2v) is 3.25. The van der Waals surface area contributed by atoms with Crippen molar-refractivity contribution in [3.8, 4) is 0 Å². The fourth-order valence-electron chi connectivity index (χ4n) is 0.657. The molecule has 0 aliphatic carbocycles. The zero-order chi connectivity index (χ0) is 7.56. The summed E-state index contributed by atoms with van der Waals surface area (Å²) >= 11 is 2.22. The summed E-state index contributed by atoms with van der Waals surface area (Å²) in [5, 5.41) is 10.0. The van der Waals surface area contributed by atoms with Gasteiger partial charge in [-0.15, -0.1) is 0 Å². The van der Waals surface area contributed by atoms with Crippen LogP contribution in [-0.2, 0) is 0 Å². The van der Waals surface area contributed by atoms with Crippen LogP contribution in [0, 0.1) is 3.57 Å². The highest BCUT2D eigenvalue weighted by atomic mass is 127. The smallest absolute Gasteiger partial charge is 0.0631 e. The van der Waals surface area contributed by atoms with Gasteiger partial charge in [0.2, 0.25) is 0 Å². The minimum absolute atomic E-state index is 0.806. The summed E-state index contributed by atoms with van der Waals surface area (Å²) in [5.74, 6) is 0. The van der Waals surface area contributed by atoms with E-state index in [4.69, 9.17) is 5.21 Å². The Morgan fingerprint density at radius 1 is 1.30 bits per heavy atom. The maximum absolute atomic E-state index is 8.95. The highest BCUT2D eigenvalue weighted by Crippen LogP contribution is 2.12. The van der Waals surface area contributed by atoms with Crippen LogP contribution in [0.3, 0.4) is 0 Å². The van der Waals surface area contributed by atoms with Crippen LogP contribution in [0.5, 0.6) is 0 Å². The van der Waals surface area contributed by atoms with E-state index in [-0.39, 0.29) is 0 Å². The molecule has 0 fully saturated rings. The van der Waals surface area contributed by atoms with Crippen molar-refractivity contribution >= 4 is 28.3 Å². The van der Waals surface area contributed by atoms with Gasteiger partial charge in [0.15, 0.2) is 0 Å². The van der Waals surface area contributed by atoms with Crippen LogP contribution in [0.4, 0.5) is 5.69 Å². The molecule has 0 unspecified atom stereocenters. The van der Waals surface area contributed by atoms with E-state index in [9.17, 15) is 0 Å². The molecular formula is C7H8INO. The summed E-state index contributed by atoms with van der Waals surface area (Å²) in [7, 11) is 1.60. The Kier molecular flexibility index (Phi) is 2.50. The normalized spacial score (nSPS) is 9.50. The van der Waals surface area contributed by atoms with Crippen molar-refractivity contribution < 1.29 is 5.21 Å². The Morgan fingerprint density at radius 2 is 1.80 bits per heavy atom. The van der Waals surface area contributed by atoms with Crippen molar-refractivity contribution in [3.63, 3.8) is 0 Å². The summed E-state index contributed by atoms with van der Waals surface area (Å²) in [6.45, 7) is 0. The Morgan fingerprint density at radius 3 is 2.20 bits per heavy atom. The van der Waals surface area contributed by atoms with E-state index in [0.29, 0.717) is 0 Å². The number of hydrogen-bond acceptors (Lipinski definition) is 2. The molecular weight excluding hydrogens is 241 g/mol. The van der Waals surface area contributed by atoms with E-state index in [1.807, 2.05) is 24.3 Å². The summed E-state index contributed by atoms with van der Waals surface area (Å²) in [4.78, 5) is 0. The average molecular weight is 249 g/mol. The number of hydroxylamine groups is 1. The van der Waals surface area contributed by atoms with Gasteiger partial charge < -0.3 is 0 Å². The predicted octanol–water partition coefficient (Wildman–Crippen LogP) is 2.12. The van der Waals surface area contributed by atoms with Crippen molar-refractivity contribution in [2.75, 3.05) is 12.1 Å². The second kappa shape index (κ2) is 3.21. The minimum atomic E-state index is 0.806. The Balaban J connectivity index is 2.89. The first kappa shape index (κ1) is 7.81. The molecule has 0 heterocycles. The van der Waals surface area contributed by atoms with Gasteiger partial charge in [0.25, 0.3) is 0 Å². The van der Waals surface area contributed by atoms with Gasteiger partial charge >= 0.3 is 0 Å². The molecule has 1 aromatic rings. The van der Waals surface area contributed by atoms with E-state index < -0.39 is 0 Å². The third-order valence-electron chi connectivity index (χ3n) is 1.20. The van der Waals surface area contributed by atoms with Crippen LogP contribution in [0.1, 0.15) is 0 Å². The molecule has 3 heteroatoms. The van der Waals surface area contributed by atoms with Gasteiger partial charge in [-0.1, -0.05) is 0 Å². The molecule has 0 bridgehead atoms. The average Bonchev–Trinajstić information content (AvgIpc) is 1.88. The second-order valence-electron chi connectivity index (χ2n) is 2.00. The van der Waals surface area contributed by atoms with Crippen LogP contribution in [0.25, 0.3) is 0 Å². The summed E-state index contributed by atoms with van der Waals surface area (Å²) in [5.41, 5.74) is 0.806. The third kappa shape index (κ3) is 1.85. The maximum atomic E-state index is 8.95. The van der Waals surface area contributed by atoms with Gasteiger partial charge in [-0.25, -0.2) is 0 Å². The summed E-state index contributed by atoms with van der Waals surface area (Å²) < 4.78 is 1.17. The lowest BCUT2D eigenvalue weighted by Crippen LogP contribution is -2.09. The molecule has 0 saturated carbocycles. The molecule has 0 saturated heterocycles.